The van der Waals surface area contributed by atoms with Gasteiger partial charge in [-0.25, -0.2) is 0 Å². The number of hydrogen-bond donors (Lipinski definition) is 1. The molecule has 3 rings (SSSR count). The second-order valence-corrected chi connectivity index (χ2v) is 5.69. The molecule has 0 aliphatic carbocycles. The fraction of sp³-hybridized carbons (Fsp3) is 0.263. The van der Waals surface area contributed by atoms with Gasteiger partial charge in [0.2, 0.25) is 11.8 Å². The summed E-state index contributed by atoms with van der Waals surface area (Å²) < 4.78 is 5.54. The molecule has 0 unspecified atom stereocenters. The number of benzene rings is 2. The Morgan fingerprint density at radius 2 is 1.75 bits per heavy atom. The SMILES string of the molecule is O=C(NCCOc1ccccc1)[C@@H]1CC(=O)N(c2ccccc2)C1. The summed E-state index contributed by atoms with van der Waals surface area (Å²) in [4.78, 5) is 26.0. The first-order valence-electron chi connectivity index (χ1n) is 8.05. The standard InChI is InChI=1S/C19H20N2O3/c22-18-13-15(14-21(18)16-7-3-1-4-8-16)19(23)20-11-12-24-17-9-5-2-6-10-17/h1-10,15H,11-14H2,(H,20,23)/t15-/m1/s1. The minimum Gasteiger partial charge on any atom is -0.492 e. The van der Waals surface area contributed by atoms with Gasteiger partial charge in [-0.15, -0.1) is 0 Å². The average molecular weight is 324 g/mol. The molecule has 124 valence electrons. The summed E-state index contributed by atoms with van der Waals surface area (Å²) in [6, 6.07) is 18.9. The second kappa shape index (κ2) is 7.64. The molecule has 2 aromatic rings. The lowest BCUT2D eigenvalue weighted by molar-refractivity contribution is -0.126. The first-order valence-corrected chi connectivity index (χ1v) is 8.05. The van der Waals surface area contributed by atoms with E-state index in [0.29, 0.717) is 19.7 Å². The van der Waals surface area contributed by atoms with Gasteiger partial charge in [-0.1, -0.05) is 36.4 Å². The van der Waals surface area contributed by atoms with Crippen LogP contribution in [0.5, 0.6) is 5.75 Å². The quantitative estimate of drug-likeness (QED) is 0.829. The van der Waals surface area contributed by atoms with E-state index in [1.165, 1.54) is 0 Å². The number of para-hydroxylation sites is 2. The van der Waals surface area contributed by atoms with Crippen LogP contribution in [-0.4, -0.2) is 31.5 Å². The molecule has 2 amide bonds. The van der Waals surface area contributed by atoms with Crippen molar-refractivity contribution in [3.05, 3.63) is 60.7 Å². The molecule has 0 spiro atoms. The van der Waals surface area contributed by atoms with Crippen LogP contribution in [0.15, 0.2) is 60.7 Å². The van der Waals surface area contributed by atoms with Gasteiger partial charge in [0.15, 0.2) is 0 Å². The Morgan fingerprint density at radius 1 is 1.08 bits per heavy atom. The molecule has 0 aromatic heterocycles. The van der Waals surface area contributed by atoms with Crippen LogP contribution < -0.4 is 15.0 Å². The number of rotatable bonds is 6. The smallest absolute Gasteiger partial charge is 0.227 e. The van der Waals surface area contributed by atoms with Crippen molar-refractivity contribution in [2.45, 2.75) is 6.42 Å². The first kappa shape index (κ1) is 16.1. The Balaban J connectivity index is 1.45. The van der Waals surface area contributed by atoms with Crippen LogP contribution in [0.1, 0.15) is 6.42 Å². The molecule has 0 bridgehead atoms. The molecular weight excluding hydrogens is 304 g/mol. The third kappa shape index (κ3) is 3.93. The Morgan fingerprint density at radius 3 is 2.46 bits per heavy atom. The third-order valence-corrected chi connectivity index (χ3v) is 3.98. The zero-order chi connectivity index (χ0) is 16.8. The molecule has 24 heavy (non-hydrogen) atoms. The fourth-order valence-corrected chi connectivity index (χ4v) is 2.74. The average Bonchev–Trinajstić information content (AvgIpc) is 3.02. The van der Waals surface area contributed by atoms with Crippen LogP contribution in [0, 0.1) is 5.92 Å². The van der Waals surface area contributed by atoms with E-state index in [1.54, 1.807) is 4.90 Å². The predicted octanol–water partition coefficient (Wildman–Crippen LogP) is 2.23. The van der Waals surface area contributed by atoms with Crippen molar-refractivity contribution in [1.82, 2.24) is 5.32 Å². The molecule has 0 radical (unpaired) electrons. The van der Waals surface area contributed by atoms with Gasteiger partial charge in [0.05, 0.1) is 12.5 Å². The van der Waals surface area contributed by atoms with Crippen LogP contribution in [0.25, 0.3) is 0 Å². The Labute approximate surface area is 141 Å². The third-order valence-electron chi connectivity index (χ3n) is 3.98. The maximum atomic E-state index is 12.2. The molecule has 1 saturated heterocycles. The molecule has 5 heteroatoms. The summed E-state index contributed by atoms with van der Waals surface area (Å²) in [7, 11) is 0. The lowest BCUT2D eigenvalue weighted by atomic mass is 10.1. The van der Waals surface area contributed by atoms with E-state index >= 15 is 0 Å². The van der Waals surface area contributed by atoms with Gasteiger partial charge >= 0.3 is 0 Å². The van der Waals surface area contributed by atoms with Gasteiger partial charge in [-0.05, 0) is 24.3 Å². The molecule has 1 atom stereocenters. The number of carbonyl (C=O) groups is 2. The number of carbonyl (C=O) groups excluding carboxylic acids is 2. The van der Waals surface area contributed by atoms with Gasteiger partial charge in [0.1, 0.15) is 12.4 Å². The lowest BCUT2D eigenvalue weighted by Crippen LogP contribution is -2.35. The number of amides is 2. The van der Waals surface area contributed by atoms with Gasteiger partial charge in [0.25, 0.3) is 0 Å². The zero-order valence-electron chi connectivity index (χ0n) is 13.4. The van der Waals surface area contributed by atoms with E-state index in [9.17, 15) is 9.59 Å². The van der Waals surface area contributed by atoms with Crippen LogP contribution in [0.4, 0.5) is 5.69 Å². The van der Waals surface area contributed by atoms with Crippen molar-refractivity contribution in [1.29, 1.82) is 0 Å². The number of anilines is 1. The Kier molecular flexibility index (Phi) is 5.11. The number of nitrogens with zero attached hydrogens (tertiary/aromatic N) is 1. The number of hydrogen-bond acceptors (Lipinski definition) is 3. The molecule has 1 aliphatic heterocycles. The first-order chi connectivity index (χ1) is 11.7. The van der Waals surface area contributed by atoms with Crippen molar-refractivity contribution < 1.29 is 14.3 Å². The highest BCUT2D eigenvalue weighted by Gasteiger charge is 2.34. The van der Waals surface area contributed by atoms with Crippen LogP contribution in [0.3, 0.4) is 0 Å². The van der Waals surface area contributed by atoms with Crippen molar-refractivity contribution in [2.24, 2.45) is 5.92 Å². The molecule has 5 nitrogen and oxygen atoms in total. The summed E-state index contributed by atoms with van der Waals surface area (Å²) in [6.07, 6.45) is 0.250. The normalized spacial score (nSPS) is 16.9. The van der Waals surface area contributed by atoms with E-state index in [1.807, 2.05) is 60.7 Å². The summed E-state index contributed by atoms with van der Waals surface area (Å²) >= 11 is 0. The van der Waals surface area contributed by atoms with Crippen molar-refractivity contribution >= 4 is 17.5 Å². The molecular formula is C19H20N2O3. The fourth-order valence-electron chi connectivity index (χ4n) is 2.74. The van der Waals surface area contributed by atoms with E-state index in [0.717, 1.165) is 11.4 Å². The minimum absolute atomic E-state index is 0.0121. The molecule has 1 fully saturated rings. The zero-order valence-corrected chi connectivity index (χ0v) is 13.4. The van der Waals surface area contributed by atoms with Gasteiger partial charge in [0, 0.05) is 18.7 Å². The van der Waals surface area contributed by atoms with Gasteiger partial charge < -0.3 is 15.0 Å². The van der Waals surface area contributed by atoms with Crippen molar-refractivity contribution in [2.75, 3.05) is 24.6 Å². The van der Waals surface area contributed by atoms with E-state index < -0.39 is 0 Å². The molecule has 1 heterocycles. The maximum Gasteiger partial charge on any atom is 0.227 e. The highest BCUT2D eigenvalue weighted by atomic mass is 16.5. The van der Waals surface area contributed by atoms with Gasteiger partial charge in [-0.2, -0.15) is 0 Å². The van der Waals surface area contributed by atoms with E-state index in [-0.39, 0.29) is 24.2 Å². The predicted molar refractivity (Wildman–Crippen MR) is 91.8 cm³/mol. The molecule has 0 saturated carbocycles. The summed E-state index contributed by atoms with van der Waals surface area (Å²) in [5, 5.41) is 2.84. The monoisotopic (exact) mass is 324 g/mol. The minimum atomic E-state index is -0.311. The summed E-state index contributed by atoms with van der Waals surface area (Å²) in [6.45, 7) is 1.25. The topological polar surface area (TPSA) is 58.6 Å². The van der Waals surface area contributed by atoms with Crippen LogP contribution in [-0.2, 0) is 9.59 Å². The van der Waals surface area contributed by atoms with Crippen LogP contribution in [0.2, 0.25) is 0 Å². The highest BCUT2D eigenvalue weighted by Crippen LogP contribution is 2.24. The van der Waals surface area contributed by atoms with Crippen molar-refractivity contribution in [3.63, 3.8) is 0 Å². The highest BCUT2D eigenvalue weighted by molar-refractivity contribution is 6.00. The van der Waals surface area contributed by atoms with E-state index in [2.05, 4.69) is 5.32 Å². The van der Waals surface area contributed by atoms with Gasteiger partial charge in [-0.3, -0.25) is 9.59 Å². The van der Waals surface area contributed by atoms with Crippen molar-refractivity contribution in [3.8, 4) is 5.75 Å². The largest absolute Gasteiger partial charge is 0.492 e. The van der Waals surface area contributed by atoms with Crippen LogP contribution >= 0.6 is 0 Å². The maximum absolute atomic E-state index is 12.2. The summed E-state index contributed by atoms with van der Waals surface area (Å²) in [5.41, 5.74) is 0.838. The summed E-state index contributed by atoms with van der Waals surface area (Å²) in [5.74, 6) is 0.354. The molecule has 1 N–H and O–H groups in total. The van der Waals surface area contributed by atoms with E-state index in [4.69, 9.17) is 4.74 Å². The molecule has 1 aliphatic rings. The Bertz CT molecular complexity index is 688. The lowest BCUT2D eigenvalue weighted by Gasteiger charge is -2.16. The number of nitrogens with one attached hydrogen (secondary N) is 1. The Hall–Kier alpha value is -2.82. The number of ether oxygens (including phenoxy) is 1. The second-order valence-electron chi connectivity index (χ2n) is 5.69. The molecule has 2 aromatic carbocycles.